The van der Waals surface area contributed by atoms with Crippen molar-refractivity contribution in [3.63, 3.8) is 0 Å². The summed E-state index contributed by atoms with van der Waals surface area (Å²) in [5.41, 5.74) is 0.748. The van der Waals surface area contributed by atoms with Gasteiger partial charge in [-0.2, -0.15) is 0 Å². The summed E-state index contributed by atoms with van der Waals surface area (Å²) in [7, 11) is 1.38. The molecule has 0 aliphatic carbocycles. The van der Waals surface area contributed by atoms with Crippen LogP contribution in [0.4, 0.5) is 0 Å². The van der Waals surface area contributed by atoms with Crippen LogP contribution < -0.4 is 0 Å². The number of thioether (sulfide) groups is 1. The third-order valence-corrected chi connectivity index (χ3v) is 3.75. The van der Waals surface area contributed by atoms with Crippen LogP contribution in [0, 0.1) is 0 Å². The molecule has 0 fully saturated rings. The number of rotatable bonds is 6. The number of esters is 1. The highest BCUT2D eigenvalue weighted by Gasteiger charge is 2.18. The Morgan fingerprint density at radius 2 is 1.94 bits per heavy atom. The molecule has 18 heavy (non-hydrogen) atoms. The molecule has 0 heterocycles. The van der Waals surface area contributed by atoms with Crippen molar-refractivity contribution in [2.45, 2.75) is 29.9 Å². The number of carboxylic acid groups (broad SMARTS) is 1. The molecule has 98 valence electrons. The topological polar surface area (TPSA) is 63.6 Å². The highest BCUT2D eigenvalue weighted by molar-refractivity contribution is 8.00. The highest BCUT2D eigenvalue weighted by Crippen LogP contribution is 2.26. The standard InChI is InChI=1S/C13H16O4S/c1-3-11(13(16)17-2)18-10-6-4-9(5-7-10)8-12(14)15/h4-7,11H,3,8H2,1-2H3,(H,14,15). The fraction of sp³-hybridized carbons (Fsp3) is 0.385. The van der Waals surface area contributed by atoms with Gasteiger partial charge in [-0.1, -0.05) is 19.1 Å². The molecular weight excluding hydrogens is 252 g/mol. The molecule has 1 rings (SSSR count). The number of carboxylic acids is 1. The van der Waals surface area contributed by atoms with Gasteiger partial charge in [-0.3, -0.25) is 9.59 Å². The lowest BCUT2D eigenvalue weighted by Gasteiger charge is -2.11. The second-order valence-corrected chi connectivity index (χ2v) is 5.03. The van der Waals surface area contributed by atoms with Crippen molar-refractivity contribution >= 4 is 23.7 Å². The minimum absolute atomic E-state index is 0.0131. The SMILES string of the molecule is CCC(Sc1ccc(CC(=O)O)cc1)C(=O)OC. The molecule has 0 saturated carbocycles. The number of benzene rings is 1. The van der Waals surface area contributed by atoms with Gasteiger partial charge in [-0.25, -0.2) is 0 Å². The Labute approximate surface area is 110 Å². The fourth-order valence-electron chi connectivity index (χ4n) is 1.45. The van der Waals surface area contributed by atoms with Gasteiger partial charge in [-0.05, 0) is 24.1 Å². The van der Waals surface area contributed by atoms with Gasteiger partial charge in [0.1, 0.15) is 5.25 Å². The second-order valence-electron chi connectivity index (χ2n) is 3.75. The molecule has 0 spiro atoms. The maximum absolute atomic E-state index is 11.4. The normalized spacial score (nSPS) is 11.9. The molecule has 0 bridgehead atoms. The van der Waals surface area contributed by atoms with E-state index in [1.165, 1.54) is 18.9 Å². The Bertz CT molecular complexity index is 414. The summed E-state index contributed by atoms with van der Waals surface area (Å²) in [5, 5.41) is 8.44. The van der Waals surface area contributed by atoms with Crippen LogP contribution in [0.3, 0.4) is 0 Å². The van der Waals surface area contributed by atoms with E-state index in [1.54, 1.807) is 12.1 Å². The lowest BCUT2D eigenvalue weighted by Crippen LogP contribution is -2.17. The molecule has 1 unspecified atom stereocenters. The molecule has 4 nitrogen and oxygen atoms in total. The summed E-state index contributed by atoms with van der Waals surface area (Å²) in [5.74, 6) is -1.09. The highest BCUT2D eigenvalue weighted by atomic mass is 32.2. The van der Waals surface area contributed by atoms with Crippen molar-refractivity contribution in [1.29, 1.82) is 0 Å². The average molecular weight is 268 g/mol. The van der Waals surface area contributed by atoms with E-state index >= 15 is 0 Å². The Morgan fingerprint density at radius 3 is 2.39 bits per heavy atom. The van der Waals surface area contributed by atoms with E-state index in [0.29, 0.717) is 6.42 Å². The summed E-state index contributed by atoms with van der Waals surface area (Å²) >= 11 is 1.43. The smallest absolute Gasteiger partial charge is 0.319 e. The molecule has 1 atom stereocenters. The van der Waals surface area contributed by atoms with Gasteiger partial charge in [0.05, 0.1) is 13.5 Å². The summed E-state index contributed by atoms with van der Waals surface area (Å²) in [6.07, 6.45) is 0.702. The number of carbonyl (C=O) groups excluding carboxylic acids is 1. The fourth-order valence-corrected chi connectivity index (χ4v) is 2.44. The Kier molecular flexibility index (Phi) is 5.71. The van der Waals surface area contributed by atoms with Crippen LogP contribution in [-0.2, 0) is 20.7 Å². The van der Waals surface area contributed by atoms with Crippen molar-refractivity contribution in [3.8, 4) is 0 Å². The first kappa shape index (κ1) is 14.6. The lowest BCUT2D eigenvalue weighted by atomic mass is 10.2. The zero-order chi connectivity index (χ0) is 13.5. The summed E-state index contributed by atoms with van der Waals surface area (Å²) < 4.78 is 4.71. The minimum Gasteiger partial charge on any atom is -0.481 e. The van der Waals surface area contributed by atoms with E-state index in [0.717, 1.165) is 10.5 Å². The predicted octanol–water partition coefficient (Wildman–Crippen LogP) is 2.36. The van der Waals surface area contributed by atoms with Crippen LogP contribution in [-0.4, -0.2) is 29.4 Å². The van der Waals surface area contributed by atoms with Gasteiger partial charge in [-0.15, -0.1) is 11.8 Å². The zero-order valence-corrected chi connectivity index (χ0v) is 11.2. The Balaban J connectivity index is 2.67. The van der Waals surface area contributed by atoms with E-state index in [1.807, 2.05) is 19.1 Å². The van der Waals surface area contributed by atoms with E-state index < -0.39 is 5.97 Å². The molecule has 5 heteroatoms. The van der Waals surface area contributed by atoms with Gasteiger partial charge in [0.15, 0.2) is 0 Å². The third kappa shape index (κ3) is 4.41. The number of hydrogen-bond acceptors (Lipinski definition) is 4. The number of methoxy groups -OCH3 is 1. The van der Waals surface area contributed by atoms with E-state index in [4.69, 9.17) is 9.84 Å². The number of ether oxygens (including phenoxy) is 1. The van der Waals surface area contributed by atoms with Crippen molar-refractivity contribution in [1.82, 2.24) is 0 Å². The van der Waals surface area contributed by atoms with Crippen LogP contribution in [0.15, 0.2) is 29.2 Å². The summed E-state index contributed by atoms with van der Waals surface area (Å²) in [6, 6.07) is 7.18. The van der Waals surface area contributed by atoms with Crippen molar-refractivity contribution in [2.24, 2.45) is 0 Å². The molecule has 0 saturated heterocycles. The van der Waals surface area contributed by atoms with Gasteiger partial charge in [0.2, 0.25) is 0 Å². The van der Waals surface area contributed by atoms with Crippen LogP contribution in [0.5, 0.6) is 0 Å². The van der Waals surface area contributed by atoms with Crippen LogP contribution >= 0.6 is 11.8 Å². The van der Waals surface area contributed by atoms with E-state index in [9.17, 15) is 9.59 Å². The first-order valence-electron chi connectivity index (χ1n) is 5.62. The van der Waals surface area contributed by atoms with E-state index in [-0.39, 0.29) is 17.6 Å². The maximum Gasteiger partial charge on any atom is 0.319 e. The van der Waals surface area contributed by atoms with E-state index in [2.05, 4.69) is 0 Å². The molecule has 1 N–H and O–H groups in total. The maximum atomic E-state index is 11.4. The van der Waals surface area contributed by atoms with Crippen LogP contribution in [0.2, 0.25) is 0 Å². The Morgan fingerprint density at radius 1 is 1.33 bits per heavy atom. The first-order valence-corrected chi connectivity index (χ1v) is 6.50. The Hall–Kier alpha value is -1.49. The molecule has 1 aromatic rings. The largest absolute Gasteiger partial charge is 0.481 e. The van der Waals surface area contributed by atoms with Gasteiger partial charge < -0.3 is 9.84 Å². The van der Waals surface area contributed by atoms with Crippen LogP contribution in [0.1, 0.15) is 18.9 Å². The average Bonchev–Trinajstić information content (AvgIpc) is 2.36. The quantitative estimate of drug-likeness (QED) is 0.634. The first-order chi connectivity index (χ1) is 8.56. The zero-order valence-electron chi connectivity index (χ0n) is 10.4. The van der Waals surface area contributed by atoms with Gasteiger partial charge >= 0.3 is 11.9 Å². The number of aliphatic carboxylic acids is 1. The monoisotopic (exact) mass is 268 g/mol. The van der Waals surface area contributed by atoms with Gasteiger partial charge in [0, 0.05) is 4.90 Å². The second kappa shape index (κ2) is 7.06. The van der Waals surface area contributed by atoms with Gasteiger partial charge in [0.25, 0.3) is 0 Å². The van der Waals surface area contributed by atoms with Crippen LogP contribution in [0.25, 0.3) is 0 Å². The van der Waals surface area contributed by atoms with Crippen molar-refractivity contribution in [3.05, 3.63) is 29.8 Å². The van der Waals surface area contributed by atoms with Crippen molar-refractivity contribution in [2.75, 3.05) is 7.11 Å². The summed E-state index contributed by atoms with van der Waals surface area (Å²) in [6.45, 7) is 1.92. The predicted molar refractivity (Wildman–Crippen MR) is 69.7 cm³/mol. The molecule has 1 aromatic carbocycles. The molecule has 0 radical (unpaired) electrons. The number of carbonyl (C=O) groups is 2. The molecular formula is C13H16O4S. The van der Waals surface area contributed by atoms with Crippen molar-refractivity contribution < 1.29 is 19.4 Å². The third-order valence-electron chi connectivity index (χ3n) is 2.39. The molecule has 0 aromatic heterocycles. The summed E-state index contributed by atoms with van der Waals surface area (Å²) in [4.78, 5) is 22.9. The minimum atomic E-state index is -0.851. The molecule has 0 amide bonds. The molecule has 0 aliphatic rings. The lowest BCUT2D eigenvalue weighted by molar-refractivity contribution is -0.140. The molecule has 0 aliphatic heterocycles. The number of hydrogen-bond donors (Lipinski definition) is 1.